The third-order valence-corrected chi connectivity index (χ3v) is 4.82. The second kappa shape index (κ2) is 11.0. The predicted molar refractivity (Wildman–Crippen MR) is 108 cm³/mol. The van der Waals surface area contributed by atoms with Crippen molar-refractivity contribution in [2.75, 3.05) is 39.3 Å². The minimum atomic E-state index is -4.41. The highest BCUT2D eigenvalue weighted by molar-refractivity contribution is 5.78. The van der Waals surface area contributed by atoms with Crippen molar-refractivity contribution >= 4 is 11.8 Å². The molecule has 0 atom stereocenters. The number of amides is 2. The lowest BCUT2D eigenvalue weighted by Gasteiger charge is -2.34. The zero-order valence-corrected chi connectivity index (χ0v) is 17.4. The van der Waals surface area contributed by atoms with Crippen molar-refractivity contribution in [2.24, 2.45) is 5.92 Å². The second-order valence-corrected chi connectivity index (χ2v) is 7.75. The van der Waals surface area contributed by atoms with E-state index in [1.54, 1.807) is 0 Å². The number of hydrogen-bond donors (Lipinski definition) is 1. The first kappa shape index (κ1) is 23.7. The standard InChI is InChI=1S/C22H28F3N3O2/c1-17(2)8-9-21(30)28-13-11-27(12-14-28)16-20(29)26-10-4-6-18-5-3-7-19(15-18)22(23,24)25/h3,5,7,15,17H,8-14,16H2,1-2H3,(H,26,29). The monoisotopic (exact) mass is 423 g/mol. The van der Waals surface area contributed by atoms with Gasteiger partial charge in [0.2, 0.25) is 11.8 Å². The molecule has 1 saturated heterocycles. The van der Waals surface area contributed by atoms with Gasteiger partial charge in [-0.1, -0.05) is 31.8 Å². The van der Waals surface area contributed by atoms with Crippen LogP contribution in [0.4, 0.5) is 13.2 Å². The number of carbonyl (C=O) groups is 2. The molecule has 1 heterocycles. The Morgan fingerprint density at radius 3 is 2.50 bits per heavy atom. The number of hydrogen-bond acceptors (Lipinski definition) is 3. The Kier molecular flexibility index (Phi) is 8.72. The molecule has 0 unspecified atom stereocenters. The number of benzene rings is 1. The van der Waals surface area contributed by atoms with E-state index < -0.39 is 11.7 Å². The van der Waals surface area contributed by atoms with Gasteiger partial charge in [-0.3, -0.25) is 14.5 Å². The lowest BCUT2D eigenvalue weighted by molar-refractivity contribution is -0.137. The van der Waals surface area contributed by atoms with Crippen molar-refractivity contribution in [3.8, 4) is 11.8 Å². The minimum Gasteiger partial charge on any atom is -0.344 e. The van der Waals surface area contributed by atoms with Gasteiger partial charge in [0.1, 0.15) is 0 Å². The maximum atomic E-state index is 12.7. The Morgan fingerprint density at radius 2 is 1.87 bits per heavy atom. The smallest absolute Gasteiger partial charge is 0.344 e. The number of nitrogens with zero attached hydrogens (tertiary/aromatic N) is 2. The summed E-state index contributed by atoms with van der Waals surface area (Å²) < 4.78 is 38.1. The number of alkyl halides is 3. The van der Waals surface area contributed by atoms with E-state index in [1.165, 1.54) is 12.1 Å². The van der Waals surface area contributed by atoms with Gasteiger partial charge in [-0.15, -0.1) is 0 Å². The maximum absolute atomic E-state index is 12.7. The Balaban J connectivity index is 1.71. The summed E-state index contributed by atoms with van der Waals surface area (Å²) in [5, 5.41) is 2.65. The maximum Gasteiger partial charge on any atom is 0.416 e. The summed E-state index contributed by atoms with van der Waals surface area (Å²) >= 11 is 0. The van der Waals surface area contributed by atoms with Crippen molar-refractivity contribution < 1.29 is 22.8 Å². The Bertz CT molecular complexity index is 789. The van der Waals surface area contributed by atoms with Crippen LogP contribution in [-0.4, -0.2) is 60.9 Å². The van der Waals surface area contributed by atoms with Crippen LogP contribution in [-0.2, 0) is 15.8 Å². The quantitative estimate of drug-likeness (QED) is 0.716. The van der Waals surface area contributed by atoms with Gasteiger partial charge < -0.3 is 10.2 Å². The van der Waals surface area contributed by atoms with Crippen molar-refractivity contribution in [3.63, 3.8) is 0 Å². The molecule has 0 spiro atoms. The van der Waals surface area contributed by atoms with E-state index in [2.05, 4.69) is 31.0 Å². The van der Waals surface area contributed by atoms with Crippen LogP contribution in [0.5, 0.6) is 0 Å². The van der Waals surface area contributed by atoms with Crippen LogP contribution in [0.25, 0.3) is 0 Å². The molecule has 0 radical (unpaired) electrons. The van der Waals surface area contributed by atoms with Gasteiger partial charge in [-0.05, 0) is 30.5 Å². The first-order valence-electron chi connectivity index (χ1n) is 10.1. The van der Waals surface area contributed by atoms with Gasteiger partial charge >= 0.3 is 6.18 Å². The summed E-state index contributed by atoms with van der Waals surface area (Å²) in [7, 11) is 0. The molecule has 0 aromatic heterocycles. The molecule has 0 aliphatic carbocycles. The molecule has 164 valence electrons. The molecular formula is C22H28F3N3O2. The van der Waals surface area contributed by atoms with E-state index >= 15 is 0 Å². The zero-order valence-electron chi connectivity index (χ0n) is 17.4. The van der Waals surface area contributed by atoms with Crippen molar-refractivity contribution in [3.05, 3.63) is 35.4 Å². The predicted octanol–water partition coefficient (Wildman–Crippen LogP) is 2.75. The fourth-order valence-electron chi connectivity index (χ4n) is 3.05. The van der Waals surface area contributed by atoms with Gasteiger partial charge in [0.05, 0.1) is 18.7 Å². The lowest BCUT2D eigenvalue weighted by atomic mass is 10.1. The highest BCUT2D eigenvalue weighted by Crippen LogP contribution is 2.29. The number of carbonyl (C=O) groups excluding carboxylic acids is 2. The third-order valence-electron chi connectivity index (χ3n) is 4.82. The van der Waals surface area contributed by atoms with Crippen molar-refractivity contribution in [2.45, 2.75) is 32.9 Å². The molecule has 1 aromatic rings. The largest absolute Gasteiger partial charge is 0.416 e. The van der Waals surface area contributed by atoms with Crippen LogP contribution in [0.2, 0.25) is 0 Å². The molecule has 1 aliphatic heterocycles. The average molecular weight is 423 g/mol. The molecule has 1 fully saturated rings. The first-order chi connectivity index (χ1) is 14.1. The molecule has 2 rings (SSSR count). The zero-order chi connectivity index (χ0) is 22.1. The highest BCUT2D eigenvalue weighted by Gasteiger charge is 2.30. The Morgan fingerprint density at radius 1 is 1.17 bits per heavy atom. The summed E-state index contributed by atoms with van der Waals surface area (Å²) in [6.07, 6.45) is -2.97. The summed E-state index contributed by atoms with van der Waals surface area (Å²) in [5.41, 5.74) is -0.502. The van der Waals surface area contributed by atoms with Gasteiger partial charge in [0, 0.05) is 38.2 Å². The first-order valence-corrected chi connectivity index (χ1v) is 10.1. The second-order valence-electron chi connectivity index (χ2n) is 7.75. The third kappa shape index (κ3) is 8.07. The summed E-state index contributed by atoms with van der Waals surface area (Å²) in [4.78, 5) is 28.0. The molecule has 1 aromatic carbocycles. The molecular weight excluding hydrogens is 395 g/mol. The topological polar surface area (TPSA) is 52.7 Å². The van der Waals surface area contributed by atoms with Crippen LogP contribution in [0.3, 0.4) is 0 Å². The number of piperazine rings is 1. The summed E-state index contributed by atoms with van der Waals surface area (Å²) in [6.45, 7) is 6.94. The van der Waals surface area contributed by atoms with Crippen LogP contribution in [0, 0.1) is 17.8 Å². The number of nitrogens with one attached hydrogen (secondary N) is 1. The molecule has 0 saturated carbocycles. The Hall–Kier alpha value is -2.53. The van der Waals surface area contributed by atoms with E-state index in [9.17, 15) is 22.8 Å². The van der Waals surface area contributed by atoms with Crippen LogP contribution in [0.15, 0.2) is 24.3 Å². The summed E-state index contributed by atoms with van der Waals surface area (Å²) in [5.74, 6) is 5.76. The molecule has 30 heavy (non-hydrogen) atoms. The molecule has 2 amide bonds. The van der Waals surface area contributed by atoms with Crippen LogP contribution in [0.1, 0.15) is 37.8 Å². The van der Waals surface area contributed by atoms with E-state index in [4.69, 9.17) is 0 Å². The van der Waals surface area contributed by atoms with Gasteiger partial charge in [0.15, 0.2) is 0 Å². The van der Waals surface area contributed by atoms with E-state index in [0.29, 0.717) is 38.5 Å². The SMILES string of the molecule is CC(C)CCC(=O)N1CCN(CC(=O)NCC#Cc2cccc(C(F)(F)F)c2)CC1. The lowest BCUT2D eigenvalue weighted by Crippen LogP contribution is -2.51. The normalized spacial score (nSPS) is 14.9. The van der Waals surface area contributed by atoms with Crippen molar-refractivity contribution in [1.82, 2.24) is 15.1 Å². The van der Waals surface area contributed by atoms with E-state index in [-0.39, 0.29) is 30.5 Å². The molecule has 8 heteroatoms. The average Bonchev–Trinajstić information content (AvgIpc) is 2.69. The van der Waals surface area contributed by atoms with Crippen molar-refractivity contribution in [1.29, 1.82) is 0 Å². The minimum absolute atomic E-state index is 0.0583. The van der Waals surface area contributed by atoms with E-state index in [1.807, 2.05) is 9.80 Å². The fourth-order valence-corrected chi connectivity index (χ4v) is 3.05. The van der Waals surface area contributed by atoms with E-state index in [0.717, 1.165) is 18.6 Å². The van der Waals surface area contributed by atoms with Crippen LogP contribution < -0.4 is 5.32 Å². The number of halogens is 3. The summed E-state index contributed by atoms with van der Waals surface area (Å²) in [6, 6.07) is 4.77. The van der Waals surface area contributed by atoms with Gasteiger partial charge in [-0.2, -0.15) is 13.2 Å². The molecule has 5 nitrogen and oxygen atoms in total. The fraction of sp³-hybridized carbons (Fsp3) is 0.545. The molecule has 0 bridgehead atoms. The molecule has 1 aliphatic rings. The Labute approximate surface area is 175 Å². The highest BCUT2D eigenvalue weighted by atomic mass is 19.4. The van der Waals surface area contributed by atoms with Crippen LogP contribution >= 0.6 is 0 Å². The van der Waals surface area contributed by atoms with Gasteiger partial charge in [0.25, 0.3) is 0 Å². The molecule has 1 N–H and O–H groups in total. The van der Waals surface area contributed by atoms with Gasteiger partial charge in [-0.25, -0.2) is 0 Å². The number of rotatable bonds is 6.